The van der Waals surface area contributed by atoms with E-state index >= 15 is 0 Å². The minimum Gasteiger partial charge on any atom is -0.545 e. The number of hydrogen-bond donors (Lipinski definition) is 1. The van der Waals surface area contributed by atoms with Gasteiger partial charge in [-0.25, -0.2) is 9.69 Å². The van der Waals surface area contributed by atoms with Crippen molar-refractivity contribution in [1.82, 2.24) is 9.88 Å². The molecule has 35 heavy (non-hydrogen) atoms. The molecular weight excluding hydrogens is 446 g/mol. The largest absolute Gasteiger partial charge is 0.545 e. The molecule has 4 amide bonds. The average molecular weight is 471 g/mol. The molecule has 1 aliphatic rings. The summed E-state index contributed by atoms with van der Waals surface area (Å²) in [6.45, 7) is 7.35. The second-order valence-electron chi connectivity index (χ2n) is 8.38. The molecule has 0 atom stereocenters. The number of hydrogen-bond acceptors (Lipinski definition) is 5. The van der Waals surface area contributed by atoms with Crippen LogP contribution >= 0.6 is 0 Å². The van der Waals surface area contributed by atoms with Crippen LogP contribution in [0.25, 0.3) is 11.8 Å². The Kier molecular flexibility index (Phi) is 6.13. The zero-order chi connectivity index (χ0) is 25.4. The van der Waals surface area contributed by atoms with E-state index in [1.807, 2.05) is 37.5 Å². The molecule has 178 valence electrons. The van der Waals surface area contributed by atoms with E-state index in [-0.39, 0.29) is 11.1 Å². The van der Waals surface area contributed by atoms with Gasteiger partial charge in [0.15, 0.2) is 0 Å². The normalized spacial score (nSPS) is 15.0. The number of carboxylic acid groups (broad SMARTS) is 1. The molecule has 2 heterocycles. The van der Waals surface area contributed by atoms with Crippen molar-refractivity contribution < 1.29 is 24.3 Å². The summed E-state index contributed by atoms with van der Waals surface area (Å²) in [7, 11) is 0. The van der Waals surface area contributed by atoms with E-state index in [0.717, 1.165) is 22.6 Å². The molecule has 1 fully saturated rings. The first-order chi connectivity index (χ1) is 16.6. The van der Waals surface area contributed by atoms with Gasteiger partial charge in [-0.15, -0.1) is 0 Å². The van der Waals surface area contributed by atoms with E-state index in [0.29, 0.717) is 28.2 Å². The van der Waals surface area contributed by atoms with Crippen molar-refractivity contribution in [2.45, 2.75) is 34.1 Å². The third-order valence-electron chi connectivity index (χ3n) is 6.24. The van der Waals surface area contributed by atoms with Crippen LogP contribution in [0.2, 0.25) is 0 Å². The number of imide groups is 2. The monoisotopic (exact) mass is 470 g/mol. The van der Waals surface area contributed by atoms with Crippen molar-refractivity contribution in [2.24, 2.45) is 0 Å². The highest BCUT2D eigenvalue weighted by atomic mass is 16.4. The molecule has 0 spiro atoms. The molecule has 1 N–H and O–H groups in total. The summed E-state index contributed by atoms with van der Waals surface area (Å²) in [5.74, 6) is -2.76. The lowest BCUT2D eigenvalue weighted by Gasteiger charge is -2.26. The van der Waals surface area contributed by atoms with Crippen molar-refractivity contribution in [3.63, 3.8) is 0 Å². The Morgan fingerprint density at radius 1 is 1.03 bits per heavy atom. The molecule has 0 unspecified atom stereocenters. The molecule has 8 heteroatoms. The molecule has 4 rings (SSSR count). The van der Waals surface area contributed by atoms with E-state index in [1.54, 1.807) is 37.3 Å². The molecule has 0 radical (unpaired) electrons. The van der Waals surface area contributed by atoms with E-state index < -0.39 is 23.8 Å². The first-order valence-electron chi connectivity index (χ1n) is 11.1. The van der Waals surface area contributed by atoms with Gasteiger partial charge in [0, 0.05) is 22.6 Å². The van der Waals surface area contributed by atoms with Crippen LogP contribution in [0, 0.1) is 20.8 Å². The lowest BCUT2D eigenvalue weighted by atomic mass is 10.1. The molecule has 1 saturated heterocycles. The van der Waals surface area contributed by atoms with Gasteiger partial charge in [-0.2, -0.15) is 0 Å². The summed E-state index contributed by atoms with van der Waals surface area (Å²) in [5, 5.41) is 13.7. The third-order valence-corrected chi connectivity index (χ3v) is 6.24. The molecule has 8 nitrogen and oxygen atoms in total. The fourth-order valence-electron chi connectivity index (χ4n) is 4.32. The molecule has 2 aromatic carbocycles. The predicted octanol–water partition coefficient (Wildman–Crippen LogP) is 2.99. The summed E-state index contributed by atoms with van der Waals surface area (Å²) >= 11 is 0. The zero-order valence-electron chi connectivity index (χ0n) is 19.8. The molecule has 0 bridgehead atoms. The highest BCUT2D eigenvalue weighted by molar-refractivity contribution is 6.39. The second kappa shape index (κ2) is 9.06. The van der Waals surface area contributed by atoms with Gasteiger partial charge in [-0.05, 0) is 74.2 Å². The maximum absolute atomic E-state index is 13.2. The number of carboxylic acids is 1. The van der Waals surface area contributed by atoms with Gasteiger partial charge in [0.2, 0.25) is 0 Å². The highest BCUT2D eigenvalue weighted by Crippen LogP contribution is 2.28. The number of aryl methyl sites for hydroxylation is 2. The fourth-order valence-corrected chi connectivity index (χ4v) is 4.32. The van der Waals surface area contributed by atoms with Crippen LogP contribution in [0.5, 0.6) is 0 Å². The Morgan fingerprint density at radius 2 is 1.71 bits per heavy atom. The smallest absolute Gasteiger partial charge is 0.335 e. The number of barbiturate groups is 1. The number of benzene rings is 2. The number of carbonyl (C=O) groups is 4. The fraction of sp³-hybridized carbons (Fsp3) is 0.185. The average Bonchev–Trinajstić information content (AvgIpc) is 3.09. The molecule has 1 aromatic heterocycles. The number of amides is 4. The van der Waals surface area contributed by atoms with Crippen molar-refractivity contribution in [1.29, 1.82) is 0 Å². The first kappa shape index (κ1) is 23.7. The van der Waals surface area contributed by atoms with Crippen LogP contribution in [-0.2, 0) is 16.0 Å². The molecule has 3 aromatic rings. The number of aromatic carboxylic acids is 1. The number of nitrogens with zero attached hydrogens (tertiary/aromatic N) is 2. The van der Waals surface area contributed by atoms with Crippen LogP contribution in [0.15, 0.2) is 54.1 Å². The molecular formula is C27H24N3O5-. The van der Waals surface area contributed by atoms with Gasteiger partial charge in [-0.1, -0.05) is 31.2 Å². The quantitative estimate of drug-likeness (QED) is 0.455. The lowest BCUT2D eigenvalue weighted by Crippen LogP contribution is -2.54. The number of aromatic nitrogens is 1. The van der Waals surface area contributed by atoms with Crippen molar-refractivity contribution in [3.05, 3.63) is 87.7 Å². The van der Waals surface area contributed by atoms with E-state index in [4.69, 9.17) is 0 Å². The van der Waals surface area contributed by atoms with Gasteiger partial charge in [0.25, 0.3) is 11.8 Å². The van der Waals surface area contributed by atoms with Gasteiger partial charge >= 0.3 is 6.03 Å². The first-order valence-corrected chi connectivity index (χ1v) is 11.1. The number of nitrogens with one attached hydrogen (secondary N) is 1. The maximum Gasteiger partial charge on any atom is 0.335 e. The van der Waals surface area contributed by atoms with Gasteiger partial charge in [-0.3, -0.25) is 14.9 Å². The van der Waals surface area contributed by atoms with Crippen molar-refractivity contribution >= 4 is 35.6 Å². The lowest BCUT2D eigenvalue weighted by molar-refractivity contribution is -0.255. The van der Waals surface area contributed by atoms with Crippen LogP contribution in [-0.4, -0.2) is 28.4 Å². The van der Waals surface area contributed by atoms with Gasteiger partial charge in [0.05, 0.1) is 11.7 Å². The molecule has 0 aliphatic carbocycles. The van der Waals surface area contributed by atoms with Crippen molar-refractivity contribution in [3.8, 4) is 5.69 Å². The number of rotatable bonds is 5. The second-order valence-corrected chi connectivity index (χ2v) is 8.38. The Balaban J connectivity index is 1.77. The number of urea groups is 1. The van der Waals surface area contributed by atoms with Crippen LogP contribution in [0.1, 0.15) is 45.4 Å². The standard InChI is InChI=1S/C27H25N3O5/c1-5-18-9-11-20(12-10-18)30-25(32)22(24(31)28-27(30)35)14-19-13-15(2)29(17(19)4)23-8-6-7-21(16(23)3)26(33)34/h6-14H,5H2,1-4H3,(H,33,34)(H,28,31,35)/p-1/b22-14-. The van der Waals surface area contributed by atoms with Crippen molar-refractivity contribution in [2.75, 3.05) is 4.90 Å². The minimum atomic E-state index is -1.27. The third kappa shape index (κ3) is 4.14. The Morgan fingerprint density at radius 3 is 2.34 bits per heavy atom. The molecule has 0 saturated carbocycles. The zero-order valence-corrected chi connectivity index (χ0v) is 19.8. The maximum atomic E-state index is 13.2. The predicted molar refractivity (Wildman–Crippen MR) is 129 cm³/mol. The highest BCUT2D eigenvalue weighted by Gasteiger charge is 2.37. The topological polar surface area (TPSA) is 112 Å². The van der Waals surface area contributed by atoms with Crippen LogP contribution < -0.4 is 15.3 Å². The SMILES string of the molecule is CCc1ccc(N2C(=O)NC(=O)/C(=C/c3cc(C)n(-c4cccc(C(=O)[O-])c4C)c3C)C2=O)cc1. The number of carbonyl (C=O) groups excluding carboxylic acids is 4. The number of anilines is 1. The summed E-state index contributed by atoms with van der Waals surface area (Å²) in [6.07, 6.45) is 2.26. The van der Waals surface area contributed by atoms with E-state index in [9.17, 15) is 24.3 Å². The minimum absolute atomic E-state index is 0.0833. The van der Waals surface area contributed by atoms with E-state index in [1.165, 1.54) is 12.1 Å². The van der Waals surface area contributed by atoms with Gasteiger partial charge < -0.3 is 14.5 Å². The summed E-state index contributed by atoms with van der Waals surface area (Å²) < 4.78 is 1.85. The van der Waals surface area contributed by atoms with E-state index in [2.05, 4.69) is 5.32 Å². The summed E-state index contributed by atoms with van der Waals surface area (Å²) in [5.41, 5.74) is 4.58. The Labute approximate surface area is 202 Å². The Bertz CT molecular complexity index is 1410. The van der Waals surface area contributed by atoms with Gasteiger partial charge in [0.1, 0.15) is 5.57 Å². The van der Waals surface area contributed by atoms with Crippen LogP contribution in [0.3, 0.4) is 0 Å². The van der Waals surface area contributed by atoms with Crippen LogP contribution in [0.4, 0.5) is 10.5 Å². The molecule has 1 aliphatic heterocycles. The Hall–Kier alpha value is -4.46. The summed E-state index contributed by atoms with van der Waals surface area (Å²) in [6, 6.07) is 12.9. The summed E-state index contributed by atoms with van der Waals surface area (Å²) in [4.78, 5) is 50.8.